The van der Waals surface area contributed by atoms with Crippen LogP contribution in [-0.4, -0.2) is 44.8 Å². The highest BCUT2D eigenvalue weighted by molar-refractivity contribution is 6.11. The van der Waals surface area contributed by atoms with Gasteiger partial charge in [-0.15, -0.1) is 0 Å². The van der Waals surface area contributed by atoms with E-state index in [1.807, 2.05) is 19.2 Å². The van der Waals surface area contributed by atoms with Crippen molar-refractivity contribution in [3.05, 3.63) is 83.3 Å². The van der Waals surface area contributed by atoms with Crippen molar-refractivity contribution in [1.29, 1.82) is 0 Å². The lowest BCUT2D eigenvalue weighted by Crippen LogP contribution is -2.29. The van der Waals surface area contributed by atoms with Crippen molar-refractivity contribution in [1.82, 2.24) is 15.0 Å². The highest BCUT2D eigenvalue weighted by Gasteiger charge is 2.30. The van der Waals surface area contributed by atoms with Crippen molar-refractivity contribution < 1.29 is 19.5 Å². The number of nitrogens with one attached hydrogen (secondary N) is 5. The zero-order chi connectivity index (χ0) is 27.5. The van der Waals surface area contributed by atoms with Crippen LogP contribution >= 0.6 is 0 Å². The monoisotopic (exact) mass is 532 g/mol. The van der Waals surface area contributed by atoms with Crippen molar-refractivity contribution in [2.75, 3.05) is 22.1 Å². The zero-order valence-corrected chi connectivity index (χ0v) is 21.4. The molecule has 3 aromatic heterocycles. The highest BCUT2D eigenvalue weighted by atomic mass is 16.3. The van der Waals surface area contributed by atoms with Crippen LogP contribution in [0.5, 0.6) is 5.75 Å². The van der Waals surface area contributed by atoms with Crippen LogP contribution in [0.15, 0.2) is 60.8 Å². The van der Waals surface area contributed by atoms with Gasteiger partial charge in [0.05, 0.1) is 16.9 Å². The maximum Gasteiger partial charge on any atom is 0.323 e. The number of carbonyl (C=O) groups excluding carboxylic acids is 3. The number of phenols is 1. The Kier molecular flexibility index (Phi) is 5.17. The molecule has 1 aliphatic heterocycles. The fourth-order valence-electron chi connectivity index (χ4n) is 5.64. The number of anilines is 3. The summed E-state index contributed by atoms with van der Waals surface area (Å²) < 4.78 is 0. The van der Waals surface area contributed by atoms with Crippen LogP contribution in [0.2, 0.25) is 0 Å². The molecule has 7 rings (SSSR count). The lowest BCUT2D eigenvalue weighted by atomic mass is 10.0. The number of aryl methyl sites for hydroxylation is 1. The number of hydrogen-bond acceptors (Lipinski definition) is 4. The van der Waals surface area contributed by atoms with Gasteiger partial charge in [-0.3, -0.25) is 9.59 Å². The number of urea groups is 1. The SMILES string of the molecule is Cc1c[nH]c2c(O)cc3c(c12)CCN3C(=O)c1cc2cc(NC(=O)Nc3ccc4[nH]c(C=O)cc4c3)ccc2[nH]1. The summed E-state index contributed by atoms with van der Waals surface area (Å²) in [7, 11) is 0. The first-order chi connectivity index (χ1) is 19.4. The predicted molar refractivity (Wildman–Crippen MR) is 155 cm³/mol. The molecule has 198 valence electrons. The Labute approximate surface area is 227 Å². The Morgan fingerprint density at radius 3 is 2.38 bits per heavy atom. The zero-order valence-electron chi connectivity index (χ0n) is 21.4. The van der Waals surface area contributed by atoms with Crippen molar-refractivity contribution in [2.24, 2.45) is 0 Å². The maximum atomic E-state index is 13.5. The Morgan fingerprint density at radius 2 is 1.65 bits per heavy atom. The molecule has 0 bridgehead atoms. The molecule has 1 aliphatic rings. The van der Waals surface area contributed by atoms with Crippen molar-refractivity contribution in [3.8, 4) is 5.75 Å². The molecule has 4 heterocycles. The molecule has 3 aromatic carbocycles. The summed E-state index contributed by atoms with van der Waals surface area (Å²) in [5, 5.41) is 18.7. The molecule has 0 atom stereocenters. The molecule has 0 aliphatic carbocycles. The van der Waals surface area contributed by atoms with Gasteiger partial charge in [0.15, 0.2) is 6.29 Å². The first kappa shape index (κ1) is 23.6. The molecule has 10 nitrogen and oxygen atoms in total. The fraction of sp³-hybridized carbons (Fsp3) is 0.100. The standard InChI is InChI=1S/C30H24N6O4/c1-15-13-31-28-26(38)12-25-21(27(15)28)6-7-36(25)29(39)24-11-17-9-19(3-5-23(17)35-24)34-30(40)33-18-2-4-22-16(8-18)10-20(14-37)32-22/h2-5,8-14,31-32,35,38H,6-7H2,1H3,(H2,33,34,40). The average molecular weight is 533 g/mol. The molecular weight excluding hydrogens is 508 g/mol. The van der Waals surface area contributed by atoms with Gasteiger partial charge in [0, 0.05) is 57.4 Å². The summed E-state index contributed by atoms with van der Waals surface area (Å²) in [4.78, 5) is 48.2. The third-order valence-electron chi connectivity index (χ3n) is 7.47. The number of aromatic nitrogens is 3. The quantitative estimate of drug-likeness (QED) is 0.159. The molecule has 0 saturated heterocycles. The van der Waals surface area contributed by atoms with Crippen LogP contribution in [-0.2, 0) is 6.42 Å². The normalized spacial score (nSPS) is 12.8. The van der Waals surface area contributed by atoms with E-state index in [0.29, 0.717) is 41.2 Å². The number of carbonyl (C=O) groups is 3. The number of aromatic hydroxyl groups is 1. The summed E-state index contributed by atoms with van der Waals surface area (Å²) in [6.07, 6.45) is 3.31. The van der Waals surface area contributed by atoms with Gasteiger partial charge in [0.1, 0.15) is 11.4 Å². The van der Waals surface area contributed by atoms with Gasteiger partial charge in [0.2, 0.25) is 0 Å². The molecule has 0 saturated carbocycles. The number of fused-ring (bicyclic) bond motifs is 5. The van der Waals surface area contributed by atoms with Crippen LogP contribution in [0.3, 0.4) is 0 Å². The molecule has 40 heavy (non-hydrogen) atoms. The summed E-state index contributed by atoms with van der Waals surface area (Å²) in [6.45, 7) is 2.50. The molecule has 6 N–H and O–H groups in total. The number of nitrogens with zero attached hydrogens (tertiary/aromatic N) is 1. The first-order valence-electron chi connectivity index (χ1n) is 12.8. The van der Waals surface area contributed by atoms with Crippen LogP contribution in [0.4, 0.5) is 21.9 Å². The number of benzene rings is 3. The van der Waals surface area contributed by atoms with Gasteiger partial charge in [0.25, 0.3) is 5.91 Å². The van der Waals surface area contributed by atoms with E-state index < -0.39 is 6.03 Å². The van der Waals surface area contributed by atoms with Crippen LogP contribution in [0.1, 0.15) is 32.1 Å². The number of amides is 3. The minimum atomic E-state index is -0.420. The second-order valence-corrected chi connectivity index (χ2v) is 10.0. The molecule has 6 aromatic rings. The highest BCUT2D eigenvalue weighted by Crippen LogP contribution is 2.41. The summed E-state index contributed by atoms with van der Waals surface area (Å²) >= 11 is 0. The molecule has 0 unspecified atom stereocenters. The Hall–Kier alpha value is -5.51. The van der Waals surface area contributed by atoms with E-state index in [-0.39, 0.29) is 11.7 Å². The maximum absolute atomic E-state index is 13.5. The van der Waals surface area contributed by atoms with Gasteiger partial charge in [-0.25, -0.2) is 4.79 Å². The van der Waals surface area contributed by atoms with Gasteiger partial charge in [-0.2, -0.15) is 0 Å². The summed E-state index contributed by atoms with van der Waals surface area (Å²) in [6, 6.07) is 15.4. The topological polar surface area (TPSA) is 146 Å². The van der Waals surface area contributed by atoms with Crippen molar-refractivity contribution >= 4 is 68.0 Å². The first-order valence-corrected chi connectivity index (χ1v) is 12.8. The summed E-state index contributed by atoms with van der Waals surface area (Å²) in [5.74, 6) is -0.0713. The van der Waals surface area contributed by atoms with E-state index in [0.717, 1.165) is 50.3 Å². The van der Waals surface area contributed by atoms with E-state index in [4.69, 9.17) is 0 Å². The van der Waals surface area contributed by atoms with Gasteiger partial charge in [-0.1, -0.05) is 0 Å². The Balaban J connectivity index is 1.10. The van der Waals surface area contributed by atoms with Gasteiger partial charge >= 0.3 is 6.03 Å². The molecule has 0 spiro atoms. The smallest absolute Gasteiger partial charge is 0.323 e. The van der Waals surface area contributed by atoms with Crippen molar-refractivity contribution in [2.45, 2.75) is 13.3 Å². The van der Waals surface area contributed by atoms with Crippen LogP contribution in [0, 0.1) is 6.92 Å². The third kappa shape index (κ3) is 3.77. The molecular formula is C30H24N6O4. The molecule has 10 heteroatoms. The van der Waals surface area contributed by atoms with E-state index in [9.17, 15) is 19.5 Å². The van der Waals surface area contributed by atoms with Gasteiger partial charge in [-0.05, 0) is 73.0 Å². The fourth-order valence-corrected chi connectivity index (χ4v) is 5.64. The third-order valence-corrected chi connectivity index (χ3v) is 7.47. The number of phenolic OH excluding ortho intramolecular Hbond substituents is 1. The second kappa shape index (κ2) is 8.77. The largest absolute Gasteiger partial charge is 0.506 e. The number of rotatable bonds is 4. The Morgan fingerprint density at radius 1 is 0.950 bits per heavy atom. The van der Waals surface area contributed by atoms with Crippen LogP contribution in [0.25, 0.3) is 32.7 Å². The predicted octanol–water partition coefficient (Wildman–Crippen LogP) is 5.80. The second-order valence-electron chi connectivity index (χ2n) is 10.0. The lowest BCUT2D eigenvalue weighted by Gasteiger charge is -2.17. The van der Waals surface area contributed by atoms with Crippen LogP contribution < -0.4 is 15.5 Å². The number of H-pyrrole nitrogens is 3. The number of hydrogen-bond donors (Lipinski definition) is 6. The average Bonchev–Trinajstić information content (AvgIpc) is 3.72. The summed E-state index contributed by atoms with van der Waals surface area (Å²) in [5.41, 5.74) is 7.09. The molecule has 3 amide bonds. The van der Waals surface area contributed by atoms with E-state index >= 15 is 0 Å². The number of aromatic amines is 3. The van der Waals surface area contributed by atoms with E-state index in [1.54, 1.807) is 53.4 Å². The molecule has 0 radical (unpaired) electrons. The van der Waals surface area contributed by atoms with Gasteiger partial charge < -0.3 is 35.6 Å². The molecule has 0 fully saturated rings. The van der Waals surface area contributed by atoms with Crippen molar-refractivity contribution in [3.63, 3.8) is 0 Å². The Bertz CT molecular complexity index is 2010. The number of aldehydes is 1. The van der Waals surface area contributed by atoms with E-state index in [2.05, 4.69) is 25.6 Å². The minimum absolute atomic E-state index is 0.117. The lowest BCUT2D eigenvalue weighted by molar-refractivity contribution is 0.0985. The van der Waals surface area contributed by atoms with E-state index in [1.165, 1.54) is 0 Å². The minimum Gasteiger partial charge on any atom is -0.506 e.